The van der Waals surface area contributed by atoms with Crippen LogP contribution in [0.3, 0.4) is 0 Å². The van der Waals surface area contributed by atoms with E-state index in [-0.39, 0.29) is 0 Å². The van der Waals surface area contributed by atoms with Crippen LogP contribution in [0.1, 0.15) is 11.3 Å². The van der Waals surface area contributed by atoms with Gasteiger partial charge in [0.1, 0.15) is 11.5 Å². The number of halogens is 2. The lowest BCUT2D eigenvalue weighted by atomic mass is 10.3. The lowest BCUT2D eigenvalue weighted by molar-refractivity contribution is 1.06. The van der Waals surface area contributed by atoms with Crippen LogP contribution in [-0.2, 0) is 6.42 Å². The van der Waals surface area contributed by atoms with Crippen LogP contribution in [0.2, 0.25) is 5.15 Å². The van der Waals surface area contributed by atoms with E-state index in [2.05, 4.69) is 38.6 Å². The molecular weight excluding hydrogens is 274 g/mol. The monoisotopic (exact) mass is 278 g/mol. The van der Waals surface area contributed by atoms with Gasteiger partial charge in [-0.2, -0.15) is 0 Å². The standard InChI is InChI=1S/C7H4ClIN2/c8-7-6-4(9)1-2-5(6)10-3-11-7/h1,3H,2H2. The van der Waals surface area contributed by atoms with Crippen molar-refractivity contribution in [2.24, 2.45) is 0 Å². The predicted molar refractivity (Wildman–Crippen MR) is 52.7 cm³/mol. The zero-order valence-electron chi connectivity index (χ0n) is 5.51. The van der Waals surface area contributed by atoms with Crippen molar-refractivity contribution in [1.82, 2.24) is 9.97 Å². The van der Waals surface area contributed by atoms with Crippen LogP contribution in [0, 0.1) is 0 Å². The Kier molecular flexibility index (Phi) is 1.85. The van der Waals surface area contributed by atoms with E-state index in [0.29, 0.717) is 5.15 Å². The summed E-state index contributed by atoms with van der Waals surface area (Å²) in [6.07, 6.45) is 4.49. The van der Waals surface area contributed by atoms with Crippen molar-refractivity contribution >= 4 is 37.8 Å². The topological polar surface area (TPSA) is 25.8 Å². The number of hydrogen-bond donors (Lipinski definition) is 0. The summed E-state index contributed by atoms with van der Waals surface area (Å²) in [6, 6.07) is 0. The van der Waals surface area contributed by atoms with Crippen LogP contribution in [0.15, 0.2) is 12.4 Å². The van der Waals surface area contributed by atoms with Gasteiger partial charge in [0, 0.05) is 15.6 Å². The SMILES string of the molecule is Clc1ncnc2c1C(I)=CC2. The summed E-state index contributed by atoms with van der Waals surface area (Å²) in [5.74, 6) is 0. The minimum atomic E-state index is 0.563. The van der Waals surface area contributed by atoms with Crippen LogP contribution in [-0.4, -0.2) is 9.97 Å². The molecular formula is C7H4ClIN2. The first-order valence-corrected chi connectivity index (χ1v) is 4.60. The molecule has 0 radical (unpaired) electrons. The lowest BCUT2D eigenvalue weighted by Gasteiger charge is -1.99. The second-order valence-corrected chi connectivity index (χ2v) is 3.76. The van der Waals surface area contributed by atoms with E-state index in [0.717, 1.165) is 21.3 Å². The molecule has 0 N–H and O–H groups in total. The summed E-state index contributed by atoms with van der Waals surface area (Å²) in [5.41, 5.74) is 2.05. The Bertz CT molecular complexity index is 335. The molecule has 0 fully saturated rings. The molecule has 1 aliphatic carbocycles. The lowest BCUT2D eigenvalue weighted by Crippen LogP contribution is -1.91. The molecule has 0 atom stereocenters. The summed E-state index contributed by atoms with van der Waals surface area (Å²) in [5, 5.41) is 0.563. The van der Waals surface area contributed by atoms with Crippen molar-refractivity contribution in [3.05, 3.63) is 28.8 Å². The smallest absolute Gasteiger partial charge is 0.140 e. The van der Waals surface area contributed by atoms with Crippen LogP contribution < -0.4 is 0 Å². The molecule has 0 spiro atoms. The molecule has 2 nitrogen and oxygen atoms in total. The summed E-state index contributed by atoms with van der Waals surface area (Å²) in [4.78, 5) is 8.03. The molecule has 0 bridgehead atoms. The first-order chi connectivity index (χ1) is 5.29. The molecule has 1 aromatic heterocycles. The van der Waals surface area contributed by atoms with Gasteiger partial charge in [0.25, 0.3) is 0 Å². The highest BCUT2D eigenvalue weighted by molar-refractivity contribution is 14.1. The molecule has 0 saturated carbocycles. The zero-order valence-corrected chi connectivity index (χ0v) is 8.43. The Hall–Kier alpha value is -0.160. The molecule has 0 amide bonds. The summed E-state index contributed by atoms with van der Waals surface area (Å²) in [6.45, 7) is 0. The van der Waals surface area contributed by atoms with Crippen molar-refractivity contribution in [2.75, 3.05) is 0 Å². The Morgan fingerprint density at radius 2 is 2.27 bits per heavy atom. The molecule has 1 aromatic rings. The third kappa shape index (κ3) is 1.16. The largest absolute Gasteiger partial charge is 0.240 e. The highest BCUT2D eigenvalue weighted by Gasteiger charge is 2.16. The predicted octanol–water partition coefficient (Wildman–Crippen LogP) is 2.46. The fraction of sp³-hybridized carbons (Fsp3) is 0.143. The summed E-state index contributed by atoms with van der Waals surface area (Å²) < 4.78 is 1.16. The van der Waals surface area contributed by atoms with E-state index in [1.54, 1.807) is 0 Å². The van der Waals surface area contributed by atoms with E-state index < -0.39 is 0 Å². The third-order valence-electron chi connectivity index (χ3n) is 1.59. The van der Waals surface area contributed by atoms with Gasteiger partial charge in [0.15, 0.2) is 0 Å². The van der Waals surface area contributed by atoms with E-state index >= 15 is 0 Å². The molecule has 4 heteroatoms. The highest BCUT2D eigenvalue weighted by atomic mass is 127. The van der Waals surface area contributed by atoms with E-state index in [4.69, 9.17) is 11.6 Å². The summed E-state index contributed by atoms with van der Waals surface area (Å²) >= 11 is 8.11. The van der Waals surface area contributed by atoms with Gasteiger partial charge in [0.05, 0.1) is 5.69 Å². The van der Waals surface area contributed by atoms with Gasteiger partial charge in [-0.3, -0.25) is 0 Å². The van der Waals surface area contributed by atoms with Gasteiger partial charge in [0.2, 0.25) is 0 Å². The quantitative estimate of drug-likeness (QED) is 0.538. The fourth-order valence-corrected chi connectivity index (χ4v) is 2.28. The zero-order chi connectivity index (χ0) is 7.84. The van der Waals surface area contributed by atoms with Crippen molar-refractivity contribution in [3.8, 4) is 0 Å². The first kappa shape index (κ1) is 7.49. The van der Waals surface area contributed by atoms with Crippen LogP contribution >= 0.6 is 34.2 Å². The Labute approximate surface area is 82.8 Å². The number of rotatable bonds is 0. The summed E-state index contributed by atoms with van der Waals surface area (Å²) in [7, 11) is 0. The number of allylic oxidation sites excluding steroid dienone is 1. The van der Waals surface area contributed by atoms with Gasteiger partial charge in [-0.05, 0) is 22.6 Å². The molecule has 0 unspecified atom stereocenters. The van der Waals surface area contributed by atoms with Crippen LogP contribution in [0.25, 0.3) is 3.58 Å². The minimum absolute atomic E-state index is 0.563. The number of fused-ring (bicyclic) bond motifs is 1. The van der Waals surface area contributed by atoms with Gasteiger partial charge in [-0.25, -0.2) is 9.97 Å². The maximum absolute atomic E-state index is 5.87. The molecule has 56 valence electrons. The number of aromatic nitrogens is 2. The van der Waals surface area contributed by atoms with Gasteiger partial charge >= 0.3 is 0 Å². The number of nitrogens with zero attached hydrogens (tertiary/aromatic N) is 2. The minimum Gasteiger partial charge on any atom is -0.240 e. The van der Waals surface area contributed by atoms with Gasteiger partial charge in [-0.15, -0.1) is 0 Å². The molecule has 0 aliphatic heterocycles. The van der Waals surface area contributed by atoms with Crippen molar-refractivity contribution in [3.63, 3.8) is 0 Å². The highest BCUT2D eigenvalue weighted by Crippen LogP contribution is 2.34. The van der Waals surface area contributed by atoms with Crippen molar-refractivity contribution < 1.29 is 0 Å². The van der Waals surface area contributed by atoms with Crippen molar-refractivity contribution in [1.29, 1.82) is 0 Å². The van der Waals surface area contributed by atoms with E-state index in [1.165, 1.54) is 6.33 Å². The average molecular weight is 278 g/mol. The molecule has 0 saturated heterocycles. The first-order valence-electron chi connectivity index (χ1n) is 3.14. The Morgan fingerprint density at radius 1 is 1.45 bits per heavy atom. The third-order valence-corrected chi connectivity index (χ3v) is 2.86. The van der Waals surface area contributed by atoms with E-state index in [9.17, 15) is 0 Å². The molecule has 2 rings (SSSR count). The maximum atomic E-state index is 5.87. The Morgan fingerprint density at radius 3 is 3.00 bits per heavy atom. The Balaban J connectivity index is 2.67. The number of hydrogen-bond acceptors (Lipinski definition) is 2. The molecule has 0 aromatic carbocycles. The fourth-order valence-electron chi connectivity index (χ4n) is 1.08. The molecule has 11 heavy (non-hydrogen) atoms. The second kappa shape index (κ2) is 2.71. The second-order valence-electron chi connectivity index (χ2n) is 2.24. The molecule has 1 heterocycles. The normalized spacial score (nSPS) is 14.5. The average Bonchev–Trinajstić information content (AvgIpc) is 2.34. The van der Waals surface area contributed by atoms with Crippen LogP contribution in [0.4, 0.5) is 0 Å². The van der Waals surface area contributed by atoms with E-state index in [1.807, 2.05) is 0 Å². The maximum Gasteiger partial charge on any atom is 0.140 e. The van der Waals surface area contributed by atoms with Gasteiger partial charge < -0.3 is 0 Å². The van der Waals surface area contributed by atoms with Crippen LogP contribution in [0.5, 0.6) is 0 Å². The van der Waals surface area contributed by atoms with Crippen molar-refractivity contribution in [2.45, 2.75) is 6.42 Å². The van der Waals surface area contributed by atoms with Gasteiger partial charge in [-0.1, -0.05) is 17.7 Å². The molecule has 1 aliphatic rings.